The third-order valence-corrected chi connectivity index (χ3v) is 4.84. The van der Waals surface area contributed by atoms with Crippen LogP contribution in [0, 0.1) is 0 Å². The van der Waals surface area contributed by atoms with Crippen LogP contribution in [0.3, 0.4) is 0 Å². The maximum absolute atomic E-state index is 6.06. The van der Waals surface area contributed by atoms with Crippen molar-refractivity contribution in [1.29, 1.82) is 0 Å². The summed E-state index contributed by atoms with van der Waals surface area (Å²) in [6, 6.07) is 0.669. The van der Waals surface area contributed by atoms with Gasteiger partial charge in [0.1, 0.15) is 0 Å². The van der Waals surface area contributed by atoms with Gasteiger partial charge in [0.15, 0.2) is 0 Å². The highest BCUT2D eigenvalue weighted by Crippen LogP contribution is 2.24. The van der Waals surface area contributed by atoms with Crippen LogP contribution in [0.1, 0.15) is 32.4 Å². The highest BCUT2D eigenvalue weighted by atomic mass is 16.5. The Morgan fingerprint density at radius 1 is 1.50 bits per heavy atom. The third-order valence-electron chi connectivity index (χ3n) is 4.84. The molecular weight excluding hydrogens is 252 g/mol. The zero-order chi connectivity index (χ0) is 14.2. The van der Waals surface area contributed by atoms with E-state index in [4.69, 9.17) is 4.74 Å². The Hall–Kier alpha value is -0.910. The molecule has 2 fully saturated rings. The van der Waals surface area contributed by atoms with Gasteiger partial charge in [0, 0.05) is 18.8 Å². The Kier molecular flexibility index (Phi) is 3.84. The molecule has 5 nitrogen and oxygen atoms in total. The quantitative estimate of drug-likeness (QED) is 0.899. The molecule has 2 saturated heterocycles. The Bertz CT molecular complexity index is 456. The Morgan fingerprint density at radius 2 is 2.35 bits per heavy atom. The number of nitrogens with zero attached hydrogens (tertiary/aromatic N) is 3. The zero-order valence-corrected chi connectivity index (χ0v) is 12.8. The van der Waals surface area contributed by atoms with Gasteiger partial charge in [-0.3, -0.25) is 4.90 Å². The molecular formula is C15H26N4O. The summed E-state index contributed by atoms with van der Waals surface area (Å²) in [6.45, 7) is 8.44. The van der Waals surface area contributed by atoms with Crippen LogP contribution in [0.2, 0.25) is 0 Å². The molecule has 2 unspecified atom stereocenters. The molecule has 1 aromatic heterocycles. The fourth-order valence-electron chi connectivity index (χ4n) is 3.33. The SMILES string of the molecule is CNC(C)(C)c1cncn1CC1CN2CCCC2CO1. The van der Waals surface area contributed by atoms with Crippen LogP contribution in [0.25, 0.3) is 0 Å². The maximum atomic E-state index is 6.06. The summed E-state index contributed by atoms with van der Waals surface area (Å²) < 4.78 is 8.29. The van der Waals surface area contributed by atoms with Gasteiger partial charge in [0.2, 0.25) is 0 Å². The standard InChI is InChI=1S/C15H26N4O/c1-15(2,16-3)14-7-17-11-19(14)9-13-8-18-6-4-5-12(18)10-20-13/h7,11-13,16H,4-6,8-10H2,1-3H3. The first-order valence-corrected chi connectivity index (χ1v) is 7.65. The van der Waals surface area contributed by atoms with Crippen molar-refractivity contribution in [2.24, 2.45) is 0 Å². The van der Waals surface area contributed by atoms with Crippen molar-refractivity contribution < 1.29 is 4.74 Å². The molecule has 0 aliphatic carbocycles. The molecule has 0 radical (unpaired) electrons. The average molecular weight is 278 g/mol. The van der Waals surface area contributed by atoms with Gasteiger partial charge >= 0.3 is 0 Å². The Labute approximate surface area is 121 Å². The summed E-state index contributed by atoms with van der Waals surface area (Å²) in [5.41, 5.74) is 1.15. The van der Waals surface area contributed by atoms with Crippen molar-refractivity contribution in [3.63, 3.8) is 0 Å². The minimum absolute atomic E-state index is 0.0681. The molecule has 0 saturated carbocycles. The van der Waals surface area contributed by atoms with E-state index in [9.17, 15) is 0 Å². The molecule has 2 aliphatic rings. The lowest BCUT2D eigenvalue weighted by Gasteiger charge is -2.36. The molecule has 2 atom stereocenters. The molecule has 1 N–H and O–H groups in total. The summed E-state index contributed by atoms with van der Waals surface area (Å²) in [4.78, 5) is 6.91. The predicted molar refractivity (Wildman–Crippen MR) is 78.6 cm³/mol. The topological polar surface area (TPSA) is 42.3 Å². The first-order chi connectivity index (χ1) is 9.60. The summed E-state index contributed by atoms with van der Waals surface area (Å²) in [7, 11) is 1.99. The van der Waals surface area contributed by atoms with E-state index in [1.807, 2.05) is 19.6 Å². The smallest absolute Gasteiger partial charge is 0.0949 e. The van der Waals surface area contributed by atoms with Gasteiger partial charge in [-0.15, -0.1) is 0 Å². The van der Waals surface area contributed by atoms with Crippen molar-refractivity contribution in [2.75, 3.05) is 26.7 Å². The molecule has 0 amide bonds. The number of ether oxygens (including phenoxy) is 1. The number of fused-ring (bicyclic) bond motifs is 1. The lowest BCUT2D eigenvalue weighted by molar-refractivity contribution is -0.0556. The van der Waals surface area contributed by atoms with Crippen molar-refractivity contribution in [1.82, 2.24) is 19.8 Å². The predicted octanol–water partition coefficient (Wildman–Crippen LogP) is 1.20. The van der Waals surface area contributed by atoms with Gasteiger partial charge in [-0.1, -0.05) is 0 Å². The molecule has 112 valence electrons. The van der Waals surface area contributed by atoms with Crippen LogP contribution in [0.15, 0.2) is 12.5 Å². The second kappa shape index (κ2) is 5.47. The number of hydrogen-bond donors (Lipinski definition) is 1. The maximum Gasteiger partial charge on any atom is 0.0949 e. The molecule has 3 heterocycles. The molecule has 5 heteroatoms. The Balaban J connectivity index is 1.68. The van der Waals surface area contributed by atoms with Crippen LogP contribution in [-0.2, 0) is 16.8 Å². The van der Waals surface area contributed by atoms with Gasteiger partial charge in [-0.05, 0) is 40.3 Å². The molecule has 1 aromatic rings. The zero-order valence-electron chi connectivity index (χ0n) is 12.8. The lowest BCUT2D eigenvalue weighted by Crippen LogP contribution is -2.47. The van der Waals surface area contributed by atoms with E-state index < -0.39 is 0 Å². The Morgan fingerprint density at radius 3 is 3.15 bits per heavy atom. The average Bonchev–Trinajstić information content (AvgIpc) is 3.07. The number of aromatic nitrogens is 2. The fraction of sp³-hybridized carbons (Fsp3) is 0.800. The van der Waals surface area contributed by atoms with Gasteiger partial charge < -0.3 is 14.6 Å². The minimum Gasteiger partial charge on any atom is -0.373 e. The van der Waals surface area contributed by atoms with E-state index in [0.29, 0.717) is 6.04 Å². The molecule has 0 bridgehead atoms. The third kappa shape index (κ3) is 2.62. The largest absolute Gasteiger partial charge is 0.373 e. The van der Waals surface area contributed by atoms with Gasteiger partial charge in [0.25, 0.3) is 0 Å². The van der Waals surface area contributed by atoms with Gasteiger partial charge in [0.05, 0.1) is 36.8 Å². The number of morpholine rings is 1. The van der Waals surface area contributed by atoms with E-state index >= 15 is 0 Å². The molecule has 3 rings (SSSR count). The van der Waals surface area contributed by atoms with E-state index in [1.54, 1.807) is 0 Å². The molecule has 2 aliphatic heterocycles. The van der Waals surface area contributed by atoms with Crippen LogP contribution in [0.5, 0.6) is 0 Å². The molecule has 0 spiro atoms. The van der Waals surface area contributed by atoms with E-state index in [2.05, 4.69) is 33.6 Å². The van der Waals surface area contributed by atoms with Crippen molar-refractivity contribution in [3.8, 4) is 0 Å². The van der Waals surface area contributed by atoms with Crippen LogP contribution in [-0.4, -0.2) is 53.3 Å². The summed E-state index contributed by atoms with van der Waals surface area (Å²) in [5.74, 6) is 0. The van der Waals surface area contributed by atoms with Crippen molar-refractivity contribution >= 4 is 0 Å². The first-order valence-electron chi connectivity index (χ1n) is 7.65. The second-order valence-electron chi connectivity index (χ2n) is 6.55. The van der Waals surface area contributed by atoms with Crippen molar-refractivity contribution in [2.45, 2.75) is 50.9 Å². The highest BCUT2D eigenvalue weighted by molar-refractivity contribution is 5.11. The number of nitrogens with one attached hydrogen (secondary N) is 1. The lowest BCUT2D eigenvalue weighted by atomic mass is 10.0. The summed E-state index contributed by atoms with van der Waals surface area (Å²) in [5, 5.41) is 3.35. The highest BCUT2D eigenvalue weighted by Gasteiger charge is 2.33. The first kappa shape index (κ1) is 14.0. The van der Waals surface area contributed by atoms with Crippen LogP contribution >= 0.6 is 0 Å². The minimum atomic E-state index is -0.0681. The van der Waals surface area contributed by atoms with Crippen molar-refractivity contribution in [3.05, 3.63) is 18.2 Å². The monoisotopic (exact) mass is 278 g/mol. The number of rotatable bonds is 4. The summed E-state index contributed by atoms with van der Waals surface area (Å²) >= 11 is 0. The second-order valence-corrected chi connectivity index (χ2v) is 6.55. The normalized spacial score (nSPS) is 27.8. The number of imidazole rings is 1. The van der Waals surface area contributed by atoms with E-state index in [1.165, 1.54) is 25.1 Å². The molecule has 20 heavy (non-hydrogen) atoms. The fourth-order valence-corrected chi connectivity index (χ4v) is 3.33. The number of hydrogen-bond acceptors (Lipinski definition) is 4. The van der Waals surface area contributed by atoms with Gasteiger partial charge in [-0.25, -0.2) is 4.98 Å². The van der Waals surface area contributed by atoms with Crippen LogP contribution < -0.4 is 5.32 Å². The van der Waals surface area contributed by atoms with Gasteiger partial charge in [-0.2, -0.15) is 0 Å². The molecule has 0 aromatic carbocycles. The summed E-state index contributed by atoms with van der Waals surface area (Å²) in [6.07, 6.45) is 6.79. The van der Waals surface area contributed by atoms with E-state index in [-0.39, 0.29) is 11.6 Å². The van der Waals surface area contributed by atoms with E-state index in [0.717, 1.165) is 19.7 Å². The van der Waals surface area contributed by atoms with Crippen LogP contribution in [0.4, 0.5) is 0 Å².